The Morgan fingerprint density at radius 3 is 2.95 bits per heavy atom. The highest BCUT2D eigenvalue weighted by Crippen LogP contribution is 2.26. The average molecular weight is 279 g/mol. The molecule has 0 bridgehead atoms. The maximum Gasteiger partial charge on any atom is 0.131 e. The van der Waals surface area contributed by atoms with E-state index in [1.807, 2.05) is 30.3 Å². The largest absolute Gasteiger partial charge is 0.368 e. The smallest absolute Gasteiger partial charge is 0.131 e. The number of likely N-dealkylation sites (N-methyl/N-ethyl adjacent to an activating group) is 1. The molecule has 5 nitrogen and oxygen atoms in total. The summed E-state index contributed by atoms with van der Waals surface area (Å²) in [5.41, 5.74) is 1.77. The van der Waals surface area contributed by atoms with Gasteiger partial charge in [0.15, 0.2) is 0 Å². The van der Waals surface area contributed by atoms with E-state index < -0.39 is 0 Å². The van der Waals surface area contributed by atoms with E-state index in [0.717, 1.165) is 36.6 Å². The van der Waals surface area contributed by atoms with Crippen molar-refractivity contribution in [1.29, 1.82) is 5.26 Å². The molecule has 0 N–H and O–H groups in total. The zero-order valence-electron chi connectivity index (χ0n) is 12.0. The molecule has 1 atom stereocenters. The number of nitriles is 1. The Bertz CT molecular complexity index is 649. The molecule has 0 saturated carbocycles. The van der Waals surface area contributed by atoms with E-state index in [-0.39, 0.29) is 0 Å². The van der Waals surface area contributed by atoms with Gasteiger partial charge in [-0.15, -0.1) is 0 Å². The topological polar surface area (TPSA) is 56.1 Å². The van der Waals surface area contributed by atoms with Gasteiger partial charge in [-0.25, -0.2) is 9.97 Å². The summed E-state index contributed by atoms with van der Waals surface area (Å²) < 4.78 is 0. The third-order valence-corrected chi connectivity index (χ3v) is 4.00. The third-order valence-electron chi connectivity index (χ3n) is 4.00. The van der Waals surface area contributed by atoms with Gasteiger partial charge in [-0.1, -0.05) is 12.1 Å². The molecule has 0 spiro atoms. The molecule has 2 heterocycles. The van der Waals surface area contributed by atoms with Crippen molar-refractivity contribution < 1.29 is 0 Å². The van der Waals surface area contributed by atoms with E-state index in [9.17, 15) is 5.26 Å². The second-order valence-electron chi connectivity index (χ2n) is 5.20. The first-order valence-electron chi connectivity index (χ1n) is 7.02. The van der Waals surface area contributed by atoms with Crippen LogP contribution in [0, 0.1) is 11.3 Å². The first-order valence-corrected chi connectivity index (χ1v) is 7.02. The number of aromatic nitrogens is 2. The van der Waals surface area contributed by atoms with E-state index in [0.29, 0.717) is 6.04 Å². The molecule has 2 aromatic rings. The number of benzene rings is 1. The number of para-hydroxylation sites is 1. The molecule has 1 aromatic heterocycles. The Labute approximate surface area is 124 Å². The minimum absolute atomic E-state index is 0.395. The molecule has 106 valence electrons. The summed E-state index contributed by atoms with van der Waals surface area (Å²) in [4.78, 5) is 12.7. The molecular weight excluding hydrogens is 262 g/mol. The number of rotatable bonds is 3. The number of nitrogens with zero attached hydrogens (tertiary/aromatic N) is 5. The Hall–Kier alpha value is -2.61. The van der Waals surface area contributed by atoms with E-state index in [4.69, 9.17) is 0 Å². The summed E-state index contributed by atoms with van der Waals surface area (Å²) in [5, 5.41) is 9.23. The molecule has 0 aliphatic carbocycles. The third kappa shape index (κ3) is 2.65. The number of hydrogen-bond acceptors (Lipinski definition) is 5. The zero-order chi connectivity index (χ0) is 14.7. The van der Waals surface area contributed by atoms with Crippen LogP contribution >= 0.6 is 0 Å². The number of hydrogen-bond donors (Lipinski definition) is 0. The lowest BCUT2D eigenvalue weighted by Gasteiger charge is -2.26. The van der Waals surface area contributed by atoms with E-state index >= 15 is 0 Å². The minimum Gasteiger partial charge on any atom is -0.368 e. The van der Waals surface area contributed by atoms with Crippen molar-refractivity contribution in [3.63, 3.8) is 0 Å². The summed E-state index contributed by atoms with van der Waals surface area (Å²) >= 11 is 0. The summed E-state index contributed by atoms with van der Waals surface area (Å²) in [6.07, 6.45) is 4.39. The van der Waals surface area contributed by atoms with Gasteiger partial charge in [0.1, 0.15) is 18.2 Å². The second-order valence-corrected chi connectivity index (χ2v) is 5.20. The molecular formula is C16H17N5. The van der Waals surface area contributed by atoms with Crippen LogP contribution in [0.25, 0.3) is 0 Å². The molecule has 1 aromatic carbocycles. The Balaban J connectivity index is 1.75. The highest BCUT2D eigenvalue weighted by atomic mass is 15.3. The maximum atomic E-state index is 9.23. The van der Waals surface area contributed by atoms with Crippen LogP contribution in [0.3, 0.4) is 0 Å². The maximum absolute atomic E-state index is 9.23. The van der Waals surface area contributed by atoms with Crippen LogP contribution in [0.4, 0.5) is 11.5 Å². The van der Waals surface area contributed by atoms with Gasteiger partial charge in [-0.05, 0) is 24.6 Å². The van der Waals surface area contributed by atoms with Gasteiger partial charge in [-0.2, -0.15) is 5.26 Å². The van der Waals surface area contributed by atoms with Crippen LogP contribution < -0.4 is 9.80 Å². The second kappa shape index (κ2) is 5.80. The van der Waals surface area contributed by atoms with Crippen molar-refractivity contribution in [2.24, 2.45) is 0 Å². The van der Waals surface area contributed by atoms with Gasteiger partial charge in [0.05, 0.1) is 11.3 Å². The molecule has 21 heavy (non-hydrogen) atoms. The first-order chi connectivity index (χ1) is 10.3. The fourth-order valence-electron chi connectivity index (χ4n) is 2.80. The molecule has 1 unspecified atom stereocenters. The van der Waals surface area contributed by atoms with E-state index in [1.165, 1.54) is 0 Å². The number of anilines is 2. The fraction of sp³-hybridized carbons (Fsp3) is 0.312. The highest BCUT2D eigenvalue weighted by molar-refractivity contribution is 5.60. The van der Waals surface area contributed by atoms with E-state index in [1.54, 1.807) is 12.5 Å². The molecule has 5 heteroatoms. The van der Waals surface area contributed by atoms with Gasteiger partial charge in [-0.3, -0.25) is 0 Å². The standard InChI is InChI=1S/C16H17N5/c1-20(16-6-8-18-12-19-16)14-7-9-21(11-14)15-5-3-2-4-13(15)10-17/h2-6,8,12,14H,7,9,11H2,1H3. The Morgan fingerprint density at radius 1 is 1.33 bits per heavy atom. The average Bonchev–Trinajstić information content (AvgIpc) is 3.04. The van der Waals surface area contributed by atoms with Crippen LogP contribution in [0.5, 0.6) is 0 Å². The van der Waals surface area contributed by atoms with Crippen LogP contribution in [-0.2, 0) is 0 Å². The highest BCUT2D eigenvalue weighted by Gasteiger charge is 2.27. The van der Waals surface area contributed by atoms with Crippen molar-refractivity contribution in [3.05, 3.63) is 48.4 Å². The van der Waals surface area contributed by atoms with Crippen LogP contribution in [-0.4, -0.2) is 36.1 Å². The van der Waals surface area contributed by atoms with Crippen molar-refractivity contribution in [1.82, 2.24) is 9.97 Å². The molecule has 1 aliphatic heterocycles. The van der Waals surface area contributed by atoms with E-state index in [2.05, 4.69) is 32.9 Å². The summed E-state index contributed by atoms with van der Waals surface area (Å²) in [6.45, 7) is 1.86. The quantitative estimate of drug-likeness (QED) is 0.861. The van der Waals surface area contributed by atoms with Gasteiger partial charge in [0, 0.05) is 32.4 Å². The predicted molar refractivity (Wildman–Crippen MR) is 82.2 cm³/mol. The lowest BCUT2D eigenvalue weighted by molar-refractivity contribution is 0.683. The van der Waals surface area contributed by atoms with Crippen molar-refractivity contribution in [2.45, 2.75) is 12.5 Å². The molecule has 0 radical (unpaired) electrons. The molecule has 1 saturated heterocycles. The van der Waals surface area contributed by atoms with Gasteiger partial charge < -0.3 is 9.80 Å². The van der Waals surface area contributed by atoms with Crippen LogP contribution in [0.2, 0.25) is 0 Å². The van der Waals surface area contributed by atoms with Crippen molar-refractivity contribution >= 4 is 11.5 Å². The lowest BCUT2D eigenvalue weighted by atomic mass is 10.2. The van der Waals surface area contributed by atoms with Crippen LogP contribution in [0.15, 0.2) is 42.9 Å². The molecule has 1 aliphatic rings. The summed E-state index contributed by atoms with van der Waals surface area (Å²) in [6, 6.07) is 12.4. The lowest BCUT2D eigenvalue weighted by Crippen LogP contribution is -2.35. The minimum atomic E-state index is 0.395. The monoisotopic (exact) mass is 279 g/mol. The SMILES string of the molecule is CN(c1ccncn1)C1CCN(c2ccccc2C#N)C1. The van der Waals surface area contributed by atoms with Gasteiger partial charge in [0.25, 0.3) is 0 Å². The normalized spacial score (nSPS) is 17.5. The molecule has 3 rings (SSSR count). The van der Waals surface area contributed by atoms with Crippen molar-refractivity contribution in [3.8, 4) is 6.07 Å². The Morgan fingerprint density at radius 2 is 2.19 bits per heavy atom. The first kappa shape index (κ1) is 13.4. The molecule has 1 fully saturated rings. The van der Waals surface area contributed by atoms with Gasteiger partial charge >= 0.3 is 0 Å². The van der Waals surface area contributed by atoms with Crippen LogP contribution in [0.1, 0.15) is 12.0 Å². The van der Waals surface area contributed by atoms with Gasteiger partial charge in [0.2, 0.25) is 0 Å². The fourth-order valence-corrected chi connectivity index (χ4v) is 2.80. The zero-order valence-corrected chi connectivity index (χ0v) is 12.0. The predicted octanol–water partition coefficient (Wildman–Crippen LogP) is 2.06. The Kier molecular flexibility index (Phi) is 3.69. The summed E-state index contributed by atoms with van der Waals surface area (Å²) in [7, 11) is 2.06. The van der Waals surface area contributed by atoms with Crippen molar-refractivity contribution in [2.75, 3.05) is 29.9 Å². The summed E-state index contributed by atoms with van der Waals surface area (Å²) in [5.74, 6) is 0.936. The molecule has 0 amide bonds.